The van der Waals surface area contributed by atoms with Gasteiger partial charge in [0.25, 0.3) is 0 Å². The summed E-state index contributed by atoms with van der Waals surface area (Å²) in [5.74, 6) is -1.58. The molecule has 7 rings (SSSR count). The quantitative estimate of drug-likeness (QED) is 0.0974. The Labute approximate surface area is 392 Å². The summed E-state index contributed by atoms with van der Waals surface area (Å²) in [7, 11) is 2.50. The molecule has 4 aromatic carbocycles. The van der Waals surface area contributed by atoms with Crippen molar-refractivity contribution in [2.45, 2.75) is 102 Å². The van der Waals surface area contributed by atoms with Crippen molar-refractivity contribution in [3.63, 3.8) is 0 Å². The maximum absolute atomic E-state index is 13.7. The van der Waals surface area contributed by atoms with Crippen LogP contribution in [0.15, 0.2) is 103 Å². The van der Waals surface area contributed by atoms with E-state index < -0.39 is 36.4 Å². The molecular weight excluding hydrogens is 851 g/mol. The zero-order chi connectivity index (χ0) is 47.8. The predicted octanol–water partition coefficient (Wildman–Crippen LogP) is 8.06. The zero-order valence-electron chi connectivity index (χ0n) is 39.2. The number of ether oxygens (including phenoxy) is 2. The van der Waals surface area contributed by atoms with E-state index in [1.807, 2.05) is 94.4 Å². The molecule has 3 aliphatic rings. The molecule has 15 nitrogen and oxygen atoms in total. The van der Waals surface area contributed by atoms with Gasteiger partial charge in [0.2, 0.25) is 23.6 Å². The Morgan fingerprint density at radius 2 is 0.925 bits per heavy atom. The van der Waals surface area contributed by atoms with Gasteiger partial charge in [-0.15, -0.1) is 0 Å². The molecule has 6 amide bonds. The molecule has 354 valence electrons. The van der Waals surface area contributed by atoms with E-state index >= 15 is 0 Å². The van der Waals surface area contributed by atoms with Gasteiger partial charge >= 0.3 is 12.2 Å². The molecule has 67 heavy (non-hydrogen) atoms. The standard InChI is InChI=1S/C52H63N7O8/c1-32(2)45(55-51(64)66-5)49(62)57-30-10-14-43(57)47(60)53-38-22-16-36(17-23-38)41-28-29-42(59(41)40-26-20-35(21-27-40)34-12-8-7-9-13-34)37-18-24-39(25-19-37)54-48(61)44-15-11-31-58(44)50(63)46(33(3)4)56-52(65)67-6/h7-9,12-13,16-27,32-33,41-46H,10-11,14-15,28-31H2,1-6H3,(H,53,60)(H,54,61)(H,55,64)(H,56,65). The molecule has 0 saturated carbocycles. The number of carbonyl (C=O) groups excluding carboxylic acids is 6. The molecule has 15 heteroatoms. The molecular formula is C52H63N7O8. The molecule has 3 saturated heterocycles. The summed E-state index contributed by atoms with van der Waals surface area (Å²) in [5, 5.41) is 11.3. The monoisotopic (exact) mass is 913 g/mol. The summed E-state index contributed by atoms with van der Waals surface area (Å²) in [6, 6.07) is 31.7. The highest BCUT2D eigenvalue weighted by molar-refractivity contribution is 5.99. The van der Waals surface area contributed by atoms with Gasteiger partial charge in [0.1, 0.15) is 24.2 Å². The first-order valence-electron chi connectivity index (χ1n) is 23.3. The van der Waals surface area contributed by atoms with Crippen molar-refractivity contribution >= 4 is 52.9 Å². The normalized spacial score (nSPS) is 20.0. The van der Waals surface area contributed by atoms with Crippen LogP contribution >= 0.6 is 0 Å². The van der Waals surface area contributed by atoms with E-state index in [1.165, 1.54) is 14.2 Å². The van der Waals surface area contributed by atoms with Gasteiger partial charge in [0.05, 0.1) is 26.3 Å². The van der Waals surface area contributed by atoms with Crippen molar-refractivity contribution in [3.05, 3.63) is 114 Å². The van der Waals surface area contributed by atoms with Crippen LogP contribution in [0.3, 0.4) is 0 Å². The van der Waals surface area contributed by atoms with E-state index in [1.54, 1.807) is 9.80 Å². The number of benzene rings is 4. The van der Waals surface area contributed by atoms with Crippen LogP contribution in [0, 0.1) is 11.8 Å². The number of hydrogen-bond acceptors (Lipinski definition) is 9. The number of methoxy groups -OCH3 is 2. The van der Waals surface area contributed by atoms with Gasteiger partial charge in [0, 0.05) is 30.2 Å². The van der Waals surface area contributed by atoms with E-state index in [0.717, 1.165) is 40.8 Å². The third-order valence-electron chi connectivity index (χ3n) is 13.2. The van der Waals surface area contributed by atoms with Crippen LogP contribution in [0.2, 0.25) is 0 Å². The number of nitrogens with zero attached hydrogens (tertiary/aromatic N) is 3. The second kappa shape index (κ2) is 21.6. The van der Waals surface area contributed by atoms with Gasteiger partial charge in [-0.3, -0.25) is 19.2 Å². The molecule has 3 heterocycles. The number of alkyl carbamates (subject to hydrolysis) is 2. The summed E-state index contributed by atoms with van der Waals surface area (Å²) < 4.78 is 9.50. The first kappa shape index (κ1) is 48.0. The Balaban J connectivity index is 1.07. The Bertz CT molecular complexity index is 2250. The molecule has 3 aliphatic heterocycles. The first-order chi connectivity index (χ1) is 32.3. The average molecular weight is 914 g/mol. The minimum atomic E-state index is -0.818. The van der Waals surface area contributed by atoms with Crippen LogP contribution in [0.1, 0.15) is 89.4 Å². The summed E-state index contributed by atoms with van der Waals surface area (Å²) in [6.45, 7) is 8.20. The van der Waals surface area contributed by atoms with Crippen LogP contribution in [-0.2, 0) is 28.7 Å². The highest BCUT2D eigenvalue weighted by Crippen LogP contribution is 2.47. The van der Waals surface area contributed by atoms with E-state index in [-0.39, 0.29) is 47.5 Å². The summed E-state index contributed by atoms with van der Waals surface area (Å²) in [6.07, 6.45) is 2.71. The summed E-state index contributed by atoms with van der Waals surface area (Å²) >= 11 is 0. The van der Waals surface area contributed by atoms with Crippen molar-refractivity contribution in [1.82, 2.24) is 20.4 Å². The molecule has 0 aliphatic carbocycles. The number of hydrogen-bond donors (Lipinski definition) is 4. The first-order valence-corrected chi connectivity index (χ1v) is 23.3. The molecule has 0 radical (unpaired) electrons. The molecule has 0 bridgehead atoms. The van der Waals surface area contributed by atoms with Crippen LogP contribution in [-0.4, -0.2) is 97.1 Å². The Morgan fingerprint density at radius 3 is 1.31 bits per heavy atom. The van der Waals surface area contributed by atoms with Crippen LogP contribution < -0.4 is 26.2 Å². The molecule has 4 N–H and O–H groups in total. The number of amides is 6. The average Bonchev–Trinajstić information content (AvgIpc) is 4.14. The number of anilines is 3. The van der Waals surface area contributed by atoms with Gasteiger partial charge in [-0.25, -0.2) is 9.59 Å². The highest BCUT2D eigenvalue weighted by Gasteiger charge is 2.41. The third-order valence-corrected chi connectivity index (χ3v) is 13.2. The Kier molecular flexibility index (Phi) is 15.5. The Hall–Kier alpha value is -6.90. The maximum Gasteiger partial charge on any atom is 0.407 e. The second-order valence-electron chi connectivity index (χ2n) is 18.2. The number of nitrogens with one attached hydrogen (secondary N) is 4. The molecule has 3 fully saturated rings. The van der Waals surface area contributed by atoms with Crippen molar-refractivity contribution in [2.24, 2.45) is 11.8 Å². The number of rotatable bonds is 14. The Morgan fingerprint density at radius 1 is 0.522 bits per heavy atom. The van der Waals surface area contributed by atoms with Crippen molar-refractivity contribution in [1.29, 1.82) is 0 Å². The predicted molar refractivity (Wildman–Crippen MR) is 257 cm³/mol. The number of likely N-dealkylation sites (tertiary alicyclic amines) is 2. The fraction of sp³-hybridized carbons (Fsp3) is 0.423. The lowest BCUT2D eigenvalue weighted by molar-refractivity contribution is -0.139. The van der Waals surface area contributed by atoms with Crippen LogP contribution in [0.5, 0.6) is 0 Å². The largest absolute Gasteiger partial charge is 0.453 e. The number of carbonyl (C=O) groups is 6. The lowest BCUT2D eigenvalue weighted by atomic mass is 10.0. The minimum absolute atomic E-state index is 0.00385. The van der Waals surface area contributed by atoms with Gasteiger partial charge in [-0.1, -0.05) is 94.4 Å². The SMILES string of the molecule is COC(=O)NC(C(=O)N1CCCC1C(=O)Nc1ccc(C2CCC(c3ccc(NC(=O)C4CCCN4C(=O)C(NC(=O)OC)C(C)C)cc3)N2c2ccc(-c3ccccc3)cc2)cc1)C(C)C. The second-order valence-corrected chi connectivity index (χ2v) is 18.2. The van der Waals surface area contributed by atoms with E-state index in [0.29, 0.717) is 50.1 Å². The van der Waals surface area contributed by atoms with Crippen molar-refractivity contribution in [3.8, 4) is 11.1 Å². The van der Waals surface area contributed by atoms with E-state index in [9.17, 15) is 28.8 Å². The molecule has 0 aromatic heterocycles. The molecule has 0 spiro atoms. The van der Waals surface area contributed by atoms with E-state index in [4.69, 9.17) is 9.47 Å². The summed E-state index contributed by atoms with van der Waals surface area (Å²) in [4.78, 5) is 84.2. The minimum Gasteiger partial charge on any atom is -0.453 e. The van der Waals surface area contributed by atoms with Crippen molar-refractivity contribution < 1.29 is 38.2 Å². The molecule has 4 aromatic rings. The van der Waals surface area contributed by atoms with E-state index in [2.05, 4.69) is 62.6 Å². The molecule has 6 atom stereocenters. The zero-order valence-corrected chi connectivity index (χ0v) is 39.2. The fourth-order valence-electron chi connectivity index (χ4n) is 9.67. The van der Waals surface area contributed by atoms with Gasteiger partial charge in [-0.2, -0.15) is 0 Å². The lowest BCUT2D eigenvalue weighted by Gasteiger charge is -2.34. The molecule has 6 unspecified atom stereocenters. The maximum atomic E-state index is 13.7. The highest BCUT2D eigenvalue weighted by atomic mass is 16.5. The topological polar surface area (TPSA) is 179 Å². The fourth-order valence-corrected chi connectivity index (χ4v) is 9.67. The summed E-state index contributed by atoms with van der Waals surface area (Å²) in [5.41, 5.74) is 6.70. The van der Waals surface area contributed by atoms with Crippen LogP contribution in [0.25, 0.3) is 11.1 Å². The van der Waals surface area contributed by atoms with Crippen LogP contribution in [0.4, 0.5) is 26.7 Å². The van der Waals surface area contributed by atoms with Gasteiger partial charge in [0.15, 0.2) is 0 Å². The smallest absolute Gasteiger partial charge is 0.407 e. The van der Waals surface area contributed by atoms with Gasteiger partial charge in [-0.05, 0) is 109 Å². The van der Waals surface area contributed by atoms with Gasteiger partial charge < -0.3 is 45.4 Å². The lowest BCUT2D eigenvalue weighted by Crippen LogP contribution is -2.54. The van der Waals surface area contributed by atoms with Crippen molar-refractivity contribution in [2.75, 3.05) is 42.8 Å². The third kappa shape index (κ3) is 11.0.